The van der Waals surface area contributed by atoms with Crippen molar-refractivity contribution in [1.29, 1.82) is 0 Å². The van der Waals surface area contributed by atoms with Crippen molar-refractivity contribution in [3.8, 4) is 11.5 Å². The van der Waals surface area contributed by atoms with E-state index in [9.17, 15) is 13.2 Å². The van der Waals surface area contributed by atoms with E-state index in [0.29, 0.717) is 29.8 Å². The van der Waals surface area contributed by atoms with Gasteiger partial charge in [0.15, 0.2) is 11.5 Å². The number of fused-ring (bicyclic) bond motifs is 1. The number of sulfonamides is 1. The van der Waals surface area contributed by atoms with Gasteiger partial charge in [0.25, 0.3) is 0 Å². The van der Waals surface area contributed by atoms with Gasteiger partial charge in [-0.05, 0) is 19.1 Å². The lowest BCUT2D eigenvalue weighted by atomic mass is 10.3. The normalized spacial score (nSPS) is 15.2. The number of nitrogens with one attached hydrogen (secondary N) is 2. The summed E-state index contributed by atoms with van der Waals surface area (Å²) in [7, 11) is -3.91. The van der Waals surface area contributed by atoms with E-state index < -0.39 is 22.0 Å². The molecule has 2 N–H and O–H groups in total. The molecule has 0 saturated heterocycles. The summed E-state index contributed by atoms with van der Waals surface area (Å²) < 4.78 is 38.3. The third kappa shape index (κ3) is 4.24. The second-order valence-electron chi connectivity index (χ2n) is 5.24. The summed E-state index contributed by atoms with van der Waals surface area (Å²) in [6.07, 6.45) is 0.720. The molecule has 0 aliphatic carbocycles. The monoisotopic (exact) mass is 384 g/mol. The SMILES string of the molecule is C[C@@H](NS(=O)(=O)c1ccc2c(c1)OCCCO2)C(=O)Nc1nncs1. The highest BCUT2D eigenvalue weighted by Crippen LogP contribution is 2.31. The molecule has 1 amide bonds. The van der Waals surface area contributed by atoms with E-state index in [1.165, 1.54) is 24.6 Å². The number of nitrogens with zero attached hydrogens (tertiary/aromatic N) is 2. The summed E-state index contributed by atoms with van der Waals surface area (Å²) in [5, 5.41) is 10.1. The maximum absolute atomic E-state index is 12.5. The van der Waals surface area contributed by atoms with Crippen LogP contribution in [0.5, 0.6) is 11.5 Å². The fraction of sp³-hybridized carbons (Fsp3) is 0.357. The minimum Gasteiger partial charge on any atom is -0.490 e. The van der Waals surface area contributed by atoms with Gasteiger partial charge >= 0.3 is 0 Å². The number of rotatable bonds is 5. The number of ether oxygens (including phenoxy) is 2. The summed E-state index contributed by atoms with van der Waals surface area (Å²) in [5.41, 5.74) is 1.46. The number of anilines is 1. The van der Waals surface area contributed by atoms with Crippen LogP contribution in [0.4, 0.5) is 5.13 Å². The van der Waals surface area contributed by atoms with Crippen LogP contribution < -0.4 is 19.5 Å². The molecule has 0 radical (unpaired) electrons. The number of benzene rings is 1. The van der Waals surface area contributed by atoms with Crippen molar-refractivity contribution in [1.82, 2.24) is 14.9 Å². The lowest BCUT2D eigenvalue weighted by Crippen LogP contribution is -2.41. The number of carbonyl (C=O) groups excluding carboxylic acids is 1. The smallest absolute Gasteiger partial charge is 0.244 e. The molecule has 3 rings (SSSR count). The van der Waals surface area contributed by atoms with Crippen molar-refractivity contribution in [3.63, 3.8) is 0 Å². The van der Waals surface area contributed by atoms with Crippen LogP contribution in [0, 0.1) is 0 Å². The molecule has 25 heavy (non-hydrogen) atoms. The van der Waals surface area contributed by atoms with E-state index in [0.717, 1.165) is 17.8 Å². The molecule has 134 valence electrons. The van der Waals surface area contributed by atoms with Crippen molar-refractivity contribution in [2.45, 2.75) is 24.3 Å². The highest BCUT2D eigenvalue weighted by Gasteiger charge is 2.24. The molecule has 0 unspecified atom stereocenters. The topological polar surface area (TPSA) is 120 Å². The van der Waals surface area contributed by atoms with Gasteiger partial charge in [0.1, 0.15) is 5.51 Å². The molecule has 1 atom stereocenters. The molecule has 1 aromatic heterocycles. The Kier molecular flexibility index (Phi) is 5.16. The van der Waals surface area contributed by atoms with Crippen molar-refractivity contribution in [2.24, 2.45) is 0 Å². The standard InChI is InChI=1S/C14H16N4O5S2/c1-9(13(19)16-14-17-15-8-24-14)18-25(20,21)10-3-4-11-12(7-10)23-6-2-5-22-11/h3-4,7-9,18H,2,5-6H2,1H3,(H,16,17,19)/t9-/m1/s1. The minimum atomic E-state index is -3.91. The highest BCUT2D eigenvalue weighted by molar-refractivity contribution is 7.89. The van der Waals surface area contributed by atoms with E-state index in [1.807, 2.05) is 0 Å². The zero-order valence-electron chi connectivity index (χ0n) is 13.3. The Morgan fingerprint density at radius 1 is 1.28 bits per heavy atom. The third-order valence-electron chi connectivity index (χ3n) is 3.34. The van der Waals surface area contributed by atoms with Crippen LogP contribution in [0.25, 0.3) is 0 Å². The Morgan fingerprint density at radius 2 is 2.04 bits per heavy atom. The summed E-state index contributed by atoms with van der Waals surface area (Å²) >= 11 is 1.14. The fourth-order valence-electron chi connectivity index (χ4n) is 2.11. The van der Waals surface area contributed by atoms with Crippen LogP contribution in [0.2, 0.25) is 0 Å². The zero-order valence-corrected chi connectivity index (χ0v) is 14.9. The lowest BCUT2D eigenvalue weighted by molar-refractivity contribution is -0.117. The summed E-state index contributed by atoms with van der Waals surface area (Å²) in [5.74, 6) is 0.333. The third-order valence-corrected chi connectivity index (χ3v) is 5.49. The second kappa shape index (κ2) is 7.33. The quantitative estimate of drug-likeness (QED) is 0.789. The van der Waals surface area contributed by atoms with E-state index in [4.69, 9.17) is 9.47 Å². The van der Waals surface area contributed by atoms with Gasteiger partial charge in [-0.2, -0.15) is 4.72 Å². The van der Waals surface area contributed by atoms with Crippen molar-refractivity contribution < 1.29 is 22.7 Å². The molecule has 0 bridgehead atoms. The van der Waals surface area contributed by atoms with Gasteiger partial charge in [0, 0.05) is 12.5 Å². The predicted molar refractivity (Wildman–Crippen MR) is 90.4 cm³/mol. The highest BCUT2D eigenvalue weighted by atomic mass is 32.2. The molecule has 2 aromatic rings. The van der Waals surface area contributed by atoms with Gasteiger partial charge in [-0.3, -0.25) is 10.1 Å². The van der Waals surface area contributed by atoms with E-state index in [2.05, 4.69) is 20.2 Å². The molecule has 1 aliphatic heterocycles. The van der Waals surface area contributed by atoms with Crippen molar-refractivity contribution in [2.75, 3.05) is 18.5 Å². The summed E-state index contributed by atoms with van der Waals surface area (Å²) in [4.78, 5) is 12.0. The first kappa shape index (κ1) is 17.6. The van der Waals surface area contributed by atoms with Gasteiger partial charge in [-0.25, -0.2) is 8.42 Å². The molecule has 2 heterocycles. The molecule has 0 saturated carbocycles. The van der Waals surface area contributed by atoms with Gasteiger partial charge in [-0.15, -0.1) is 10.2 Å². The fourth-order valence-corrected chi connectivity index (χ4v) is 3.77. The number of hydrogen-bond donors (Lipinski definition) is 2. The van der Waals surface area contributed by atoms with Gasteiger partial charge < -0.3 is 9.47 Å². The molecule has 9 nitrogen and oxygen atoms in total. The van der Waals surface area contributed by atoms with E-state index in [-0.39, 0.29) is 4.90 Å². The Bertz CT molecular complexity index is 854. The first-order chi connectivity index (χ1) is 12.0. The zero-order chi connectivity index (χ0) is 17.9. The molecule has 0 spiro atoms. The Hall–Kier alpha value is -2.24. The first-order valence-electron chi connectivity index (χ1n) is 7.45. The molecule has 1 aromatic carbocycles. The van der Waals surface area contributed by atoms with Crippen molar-refractivity contribution >= 4 is 32.4 Å². The van der Waals surface area contributed by atoms with Gasteiger partial charge in [0.2, 0.25) is 21.1 Å². The second-order valence-corrected chi connectivity index (χ2v) is 7.78. The van der Waals surface area contributed by atoms with Crippen LogP contribution in [-0.2, 0) is 14.8 Å². The molecule has 1 aliphatic rings. The predicted octanol–water partition coefficient (Wildman–Crippen LogP) is 1.00. The molecular formula is C14H16N4O5S2. The minimum absolute atomic E-state index is 0.00712. The number of carbonyl (C=O) groups is 1. The van der Waals surface area contributed by atoms with E-state index >= 15 is 0 Å². The Morgan fingerprint density at radius 3 is 2.76 bits per heavy atom. The van der Waals surface area contributed by atoms with Gasteiger partial charge in [0.05, 0.1) is 24.2 Å². The van der Waals surface area contributed by atoms with Gasteiger partial charge in [-0.1, -0.05) is 11.3 Å². The van der Waals surface area contributed by atoms with Crippen molar-refractivity contribution in [3.05, 3.63) is 23.7 Å². The molecule has 11 heteroatoms. The summed E-state index contributed by atoms with van der Waals surface area (Å²) in [6.45, 7) is 2.40. The number of amides is 1. The first-order valence-corrected chi connectivity index (χ1v) is 9.81. The van der Waals surface area contributed by atoms with Crippen LogP contribution in [-0.4, -0.2) is 43.8 Å². The Balaban J connectivity index is 1.72. The average molecular weight is 384 g/mol. The van der Waals surface area contributed by atoms with Crippen LogP contribution in [0.1, 0.15) is 13.3 Å². The molecular weight excluding hydrogens is 368 g/mol. The number of aromatic nitrogens is 2. The van der Waals surface area contributed by atoms with Crippen LogP contribution in [0.15, 0.2) is 28.6 Å². The van der Waals surface area contributed by atoms with E-state index in [1.54, 1.807) is 6.07 Å². The average Bonchev–Trinajstić information content (AvgIpc) is 2.96. The largest absolute Gasteiger partial charge is 0.490 e. The number of hydrogen-bond acceptors (Lipinski definition) is 8. The summed E-state index contributed by atoms with van der Waals surface area (Å²) in [6, 6.07) is 3.34. The van der Waals surface area contributed by atoms with Crippen LogP contribution in [0.3, 0.4) is 0 Å². The van der Waals surface area contributed by atoms with Crippen LogP contribution >= 0.6 is 11.3 Å². The maximum atomic E-state index is 12.5. The lowest BCUT2D eigenvalue weighted by Gasteiger charge is -2.14. The molecule has 0 fully saturated rings. The Labute approximate surface area is 148 Å². The maximum Gasteiger partial charge on any atom is 0.244 e.